The number of likely N-dealkylation sites (tertiary alicyclic amines) is 1. The van der Waals surface area contributed by atoms with Gasteiger partial charge in [0.05, 0.1) is 11.3 Å². The van der Waals surface area contributed by atoms with E-state index in [0.29, 0.717) is 34.5 Å². The number of halogens is 3. The minimum atomic E-state index is -4.37. The van der Waals surface area contributed by atoms with Gasteiger partial charge in [0.2, 0.25) is 17.6 Å². The van der Waals surface area contributed by atoms with Crippen LogP contribution in [0.2, 0.25) is 0 Å². The van der Waals surface area contributed by atoms with E-state index in [1.54, 1.807) is 30.5 Å². The number of ketones is 1. The molecule has 22 heteroatoms. The first-order chi connectivity index (χ1) is 32.5. The predicted molar refractivity (Wildman–Crippen MR) is 239 cm³/mol. The van der Waals surface area contributed by atoms with Gasteiger partial charge in [0.1, 0.15) is 42.1 Å². The Morgan fingerprint density at radius 1 is 1.01 bits per heavy atom. The summed E-state index contributed by atoms with van der Waals surface area (Å²) < 4.78 is 78.9. The maximum Gasteiger partial charge on any atom is 0.301 e. The van der Waals surface area contributed by atoms with E-state index >= 15 is 8.78 Å². The third kappa shape index (κ3) is 8.98. The summed E-state index contributed by atoms with van der Waals surface area (Å²) in [5.41, 5.74) is 2.43. The largest absolute Gasteiger partial charge is 0.491 e. The molecule has 4 saturated heterocycles. The van der Waals surface area contributed by atoms with E-state index in [4.69, 9.17) is 14.6 Å². The molecule has 3 aromatic carbocycles. The molecule has 0 unspecified atom stereocenters. The maximum absolute atomic E-state index is 15.7. The van der Waals surface area contributed by atoms with Crippen molar-refractivity contribution in [1.82, 2.24) is 29.4 Å². The van der Waals surface area contributed by atoms with Gasteiger partial charge in [-0.05, 0) is 72.5 Å². The van der Waals surface area contributed by atoms with Gasteiger partial charge in [-0.1, -0.05) is 12.1 Å². The highest BCUT2D eigenvalue weighted by molar-refractivity contribution is 7.90. The minimum Gasteiger partial charge on any atom is -0.491 e. The number of pyridine rings is 1. The van der Waals surface area contributed by atoms with Crippen LogP contribution in [0.1, 0.15) is 51.1 Å². The fraction of sp³-hybridized carbons (Fsp3) is 0.348. The zero-order chi connectivity index (χ0) is 48.1. The molecule has 5 aliphatic rings. The Morgan fingerprint density at radius 3 is 2.47 bits per heavy atom. The number of β-amino-alcohol motifs (C(OH)–C–C–N with tert-alkyl or cyclic N) is 1. The van der Waals surface area contributed by atoms with Gasteiger partial charge in [-0.15, -0.1) is 0 Å². The molecule has 1 spiro atoms. The van der Waals surface area contributed by atoms with Gasteiger partial charge in [0.15, 0.2) is 5.82 Å². The molecular formula is C46H45F3N8O10S. The van der Waals surface area contributed by atoms with Crippen molar-refractivity contribution in [3.05, 3.63) is 107 Å². The van der Waals surface area contributed by atoms with Crippen molar-refractivity contribution in [3.8, 4) is 16.9 Å². The number of ether oxygens (including phenoxy) is 1. The summed E-state index contributed by atoms with van der Waals surface area (Å²) in [6, 6.07) is 15.6. The zero-order valence-electron chi connectivity index (χ0n) is 36.2. The molecule has 3 amide bonds. The van der Waals surface area contributed by atoms with Gasteiger partial charge in [-0.3, -0.25) is 38.9 Å². The lowest BCUT2D eigenvalue weighted by Gasteiger charge is -2.61. The van der Waals surface area contributed by atoms with Crippen molar-refractivity contribution >= 4 is 62.6 Å². The molecule has 18 nitrogen and oxygen atoms in total. The fourth-order valence-corrected chi connectivity index (χ4v) is 10.9. The molecule has 10 rings (SSSR count). The summed E-state index contributed by atoms with van der Waals surface area (Å²) in [5.74, 6) is -4.16. The van der Waals surface area contributed by atoms with Crippen LogP contribution < -0.4 is 19.7 Å². The quantitative estimate of drug-likeness (QED) is 0.0647. The van der Waals surface area contributed by atoms with Gasteiger partial charge in [-0.2, -0.15) is 12.7 Å². The summed E-state index contributed by atoms with van der Waals surface area (Å²) in [6.07, 6.45) is 1.27. The number of fused-ring (bicyclic) bond motifs is 2. The summed E-state index contributed by atoms with van der Waals surface area (Å²) in [7, 11) is -4.37. The molecule has 5 N–H and O–H groups in total. The molecule has 5 aromatic rings. The lowest BCUT2D eigenvalue weighted by Crippen LogP contribution is -2.72. The van der Waals surface area contributed by atoms with E-state index in [1.165, 1.54) is 11.1 Å². The third-order valence-corrected chi connectivity index (χ3v) is 14.4. The molecule has 0 radical (unpaired) electrons. The van der Waals surface area contributed by atoms with E-state index in [0.717, 1.165) is 59.4 Å². The molecule has 68 heavy (non-hydrogen) atoms. The number of piperidine rings is 1. The third-order valence-electron chi connectivity index (χ3n) is 12.9. The highest BCUT2D eigenvalue weighted by Crippen LogP contribution is 2.42. The number of rotatable bonds is 13. The lowest BCUT2D eigenvalue weighted by molar-refractivity contribution is -0.137. The molecule has 5 aliphatic heterocycles. The highest BCUT2D eigenvalue weighted by atomic mass is 32.2. The number of hydrogen-bond acceptors (Lipinski definition) is 12. The summed E-state index contributed by atoms with van der Waals surface area (Å²) in [6.45, 7) is 3.32. The molecule has 0 saturated carbocycles. The number of H-pyrrole nitrogens is 1. The number of aliphatic hydroxyl groups is 1. The van der Waals surface area contributed by atoms with E-state index in [-0.39, 0.29) is 68.2 Å². The first-order valence-electron chi connectivity index (χ1n) is 21.7. The molecule has 356 valence electrons. The van der Waals surface area contributed by atoms with Crippen molar-refractivity contribution in [2.75, 3.05) is 62.0 Å². The van der Waals surface area contributed by atoms with Crippen LogP contribution in [0.15, 0.2) is 73.1 Å². The SMILES string of the molecule is O=C1CC[C@H](N2Cc3cc(OC[C@H](O)CN4CC5(C4)CN(c4ccc(-c6cnc7[nH]cc(C(=O)c8c(F)ccc(NS(=O)(=O)N9CC[C@@H](F)C9)c8F)c7c6)cc4)C5)ccc3C2=O)C(=O)N1.O=CO. The Hall–Kier alpha value is -6.88. The van der Waals surface area contributed by atoms with Gasteiger partial charge in [0.25, 0.3) is 12.4 Å². The van der Waals surface area contributed by atoms with Crippen LogP contribution in [0.4, 0.5) is 24.5 Å². The number of hydrogen-bond donors (Lipinski definition) is 5. The molecular weight excluding hydrogens is 914 g/mol. The van der Waals surface area contributed by atoms with Crippen LogP contribution in [0.3, 0.4) is 0 Å². The summed E-state index contributed by atoms with van der Waals surface area (Å²) in [4.78, 5) is 72.2. The first kappa shape index (κ1) is 46.2. The maximum atomic E-state index is 15.7. The number of benzene rings is 3. The number of carboxylic acid groups (broad SMARTS) is 1. The van der Waals surface area contributed by atoms with Crippen molar-refractivity contribution in [3.63, 3.8) is 0 Å². The molecule has 2 aromatic heterocycles. The lowest BCUT2D eigenvalue weighted by atomic mass is 9.72. The monoisotopic (exact) mass is 958 g/mol. The zero-order valence-corrected chi connectivity index (χ0v) is 37.0. The molecule has 4 fully saturated rings. The van der Waals surface area contributed by atoms with Crippen molar-refractivity contribution in [2.45, 2.75) is 44.1 Å². The number of anilines is 2. The summed E-state index contributed by atoms with van der Waals surface area (Å²) in [5, 5.41) is 20.3. The standard InChI is InChI=1S/C45H43F3N8O8S.CH2O2/c46-28-11-12-55(18-28)65(62,63)52-36-8-7-35(47)39(40(36)48)41(59)34-16-50-42-33(34)14-26(15-49-42)25-1-3-29(4-2-25)54-23-45(24-54)21-53(22-45)19-30(57)20-64-31-5-6-32-27(13-31)17-56(44(32)61)37-9-10-38(58)51-43(37)60;2-1-3/h1-8,13-16,28,30,37,52,57H,9-12,17-24H2,(H,49,50)(H,51,58,60);1H,(H,2,3)/t28-,30-,37+;/m1./s1. The van der Waals surface area contributed by atoms with Crippen LogP contribution in [0.25, 0.3) is 22.2 Å². The van der Waals surface area contributed by atoms with Crippen molar-refractivity contribution in [2.24, 2.45) is 5.41 Å². The fourth-order valence-electron chi connectivity index (χ4n) is 9.66. The molecule has 0 aliphatic carbocycles. The van der Waals surface area contributed by atoms with E-state index in [2.05, 4.69) is 25.1 Å². The normalized spacial score (nSPS) is 20.6. The van der Waals surface area contributed by atoms with Crippen LogP contribution >= 0.6 is 0 Å². The predicted octanol–water partition coefficient (Wildman–Crippen LogP) is 3.46. The molecule has 3 atom stereocenters. The number of aliphatic hydroxyl groups excluding tert-OH is 1. The number of imide groups is 1. The van der Waals surface area contributed by atoms with Gasteiger partial charge in [0, 0.05) is 104 Å². The second kappa shape index (κ2) is 18.3. The second-order valence-electron chi connectivity index (χ2n) is 17.6. The van der Waals surface area contributed by atoms with Crippen LogP contribution in [0.5, 0.6) is 5.75 Å². The Bertz CT molecular complexity index is 2940. The number of nitrogens with zero attached hydrogens (tertiary/aromatic N) is 5. The van der Waals surface area contributed by atoms with Crippen LogP contribution in [-0.2, 0) is 31.1 Å². The average molecular weight is 959 g/mol. The van der Waals surface area contributed by atoms with Gasteiger partial charge < -0.3 is 29.7 Å². The summed E-state index contributed by atoms with van der Waals surface area (Å²) >= 11 is 0. The second-order valence-corrected chi connectivity index (χ2v) is 19.3. The smallest absolute Gasteiger partial charge is 0.301 e. The topological polar surface area (TPSA) is 235 Å². The number of carbonyl (C=O) groups excluding carboxylic acids is 4. The Labute approximate surface area is 386 Å². The van der Waals surface area contributed by atoms with Gasteiger partial charge >= 0.3 is 10.2 Å². The molecule has 7 heterocycles. The number of carbonyl (C=O) groups is 5. The van der Waals surface area contributed by atoms with Crippen molar-refractivity contribution < 1.29 is 60.5 Å². The Kier molecular flexibility index (Phi) is 12.5. The number of aromatic nitrogens is 2. The minimum absolute atomic E-state index is 0.00528. The van der Waals surface area contributed by atoms with Crippen LogP contribution in [0, 0.1) is 17.0 Å². The Morgan fingerprint density at radius 2 is 1.76 bits per heavy atom. The number of nitrogens with one attached hydrogen (secondary N) is 3. The van der Waals surface area contributed by atoms with E-state index < -0.39 is 69.6 Å². The number of amides is 3. The average Bonchev–Trinajstić information content (AvgIpc) is 4.01. The number of aromatic amines is 1. The van der Waals surface area contributed by atoms with Gasteiger partial charge in [-0.25, -0.2) is 18.2 Å². The van der Waals surface area contributed by atoms with E-state index in [1.807, 2.05) is 29.0 Å². The Balaban J connectivity index is 0.00000188. The van der Waals surface area contributed by atoms with Crippen molar-refractivity contribution in [1.29, 1.82) is 0 Å². The first-order valence-corrected chi connectivity index (χ1v) is 23.1. The van der Waals surface area contributed by atoms with E-state index in [9.17, 15) is 37.1 Å². The number of alkyl halides is 1. The highest BCUT2D eigenvalue weighted by Gasteiger charge is 2.52. The van der Waals surface area contributed by atoms with Crippen LogP contribution in [-0.4, -0.2) is 143 Å². The molecule has 0 bridgehead atoms.